The molecule has 2 N–H and O–H groups in total. The zero-order valence-electron chi connectivity index (χ0n) is 17.2. The molecule has 0 saturated heterocycles. The second-order valence-corrected chi connectivity index (χ2v) is 9.18. The minimum Gasteiger partial charge on any atom is -0.462 e. The van der Waals surface area contributed by atoms with Gasteiger partial charge in [-0.1, -0.05) is 12.1 Å². The second kappa shape index (κ2) is 10.6. The third-order valence-electron chi connectivity index (χ3n) is 4.67. The van der Waals surface area contributed by atoms with Gasteiger partial charge in [-0.15, -0.1) is 23.1 Å². The van der Waals surface area contributed by atoms with Gasteiger partial charge in [-0.25, -0.2) is 4.79 Å². The molecule has 0 bridgehead atoms. The number of thiophene rings is 1. The van der Waals surface area contributed by atoms with Crippen LogP contribution in [0.1, 0.15) is 46.1 Å². The average molecular weight is 447 g/mol. The number of fused-ring (bicyclic) bond motifs is 1. The monoisotopic (exact) mass is 446 g/mol. The Morgan fingerprint density at radius 1 is 1.10 bits per heavy atom. The molecule has 1 aliphatic carbocycles. The lowest BCUT2D eigenvalue weighted by Gasteiger charge is -2.12. The highest BCUT2D eigenvalue weighted by Crippen LogP contribution is 2.38. The lowest BCUT2D eigenvalue weighted by atomic mass is 9.95. The first kappa shape index (κ1) is 22.4. The molecule has 0 saturated carbocycles. The van der Waals surface area contributed by atoms with Gasteiger partial charge in [-0.05, 0) is 62.8 Å². The van der Waals surface area contributed by atoms with E-state index in [1.807, 2.05) is 31.2 Å². The average Bonchev–Trinajstić information content (AvgIpc) is 3.05. The number of benzene rings is 1. The quantitative estimate of drug-likeness (QED) is 0.586. The van der Waals surface area contributed by atoms with Crippen molar-refractivity contribution in [3.05, 3.63) is 45.8 Å². The van der Waals surface area contributed by atoms with E-state index in [0.717, 1.165) is 47.4 Å². The number of thioether (sulfide) groups is 1. The zero-order valence-corrected chi connectivity index (χ0v) is 18.8. The van der Waals surface area contributed by atoms with Crippen LogP contribution < -0.4 is 10.6 Å². The molecule has 1 aromatic heterocycles. The zero-order chi connectivity index (χ0) is 21.5. The summed E-state index contributed by atoms with van der Waals surface area (Å²) in [6, 6.07) is 7.57. The van der Waals surface area contributed by atoms with E-state index in [-0.39, 0.29) is 29.3 Å². The molecule has 2 aromatic rings. The molecule has 2 amide bonds. The van der Waals surface area contributed by atoms with Crippen molar-refractivity contribution in [1.29, 1.82) is 0 Å². The van der Waals surface area contributed by atoms with Crippen molar-refractivity contribution >= 4 is 51.6 Å². The van der Waals surface area contributed by atoms with E-state index < -0.39 is 0 Å². The summed E-state index contributed by atoms with van der Waals surface area (Å²) in [7, 11) is 0. The summed E-state index contributed by atoms with van der Waals surface area (Å²) in [5.74, 6) is -0.457. The SMILES string of the molecule is CCOC(=O)c1c(NC(=O)CSCC(=O)Nc2cccc(C)c2)sc2c1CCCC2. The van der Waals surface area contributed by atoms with Gasteiger partial charge in [-0.2, -0.15) is 0 Å². The Morgan fingerprint density at radius 3 is 2.57 bits per heavy atom. The molecule has 0 fully saturated rings. The number of ether oxygens (including phenoxy) is 1. The van der Waals surface area contributed by atoms with Gasteiger partial charge in [-0.3, -0.25) is 9.59 Å². The summed E-state index contributed by atoms with van der Waals surface area (Å²) >= 11 is 2.70. The van der Waals surface area contributed by atoms with Crippen molar-refractivity contribution in [3.63, 3.8) is 0 Å². The summed E-state index contributed by atoms with van der Waals surface area (Å²) in [5, 5.41) is 6.26. The molecule has 160 valence electrons. The summed E-state index contributed by atoms with van der Waals surface area (Å²) in [5.41, 5.74) is 3.33. The van der Waals surface area contributed by atoms with Crippen LogP contribution in [0.25, 0.3) is 0 Å². The van der Waals surface area contributed by atoms with Crippen LogP contribution in [0.5, 0.6) is 0 Å². The van der Waals surface area contributed by atoms with Crippen LogP contribution in [0.3, 0.4) is 0 Å². The van der Waals surface area contributed by atoms with Crippen molar-refractivity contribution in [2.45, 2.75) is 39.5 Å². The number of rotatable bonds is 8. The minimum atomic E-state index is -0.377. The number of nitrogens with one attached hydrogen (secondary N) is 2. The topological polar surface area (TPSA) is 84.5 Å². The highest BCUT2D eigenvalue weighted by atomic mass is 32.2. The van der Waals surface area contributed by atoms with Crippen LogP contribution in [0.4, 0.5) is 10.7 Å². The van der Waals surface area contributed by atoms with E-state index in [1.54, 1.807) is 6.92 Å². The molecule has 6 nitrogen and oxygen atoms in total. The lowest BCUT2D eigenvalue weighted by Crippen LogP contribution is -2.19. The summed E-state index contributed by atoms with van der Waals surface area (Å²) in [4.78, 5) is 38.1. The van der Waals surface area contributed by atoms with E-state index in [1.165, 1.54) is 23.1 Å². The maximum atomic E-state index is 12.5. The van der Waals surface area contributed by atoms with Crippen molar-refractivity contribution in [3.8, 4) is 0 Å². The molecule has 0 aliphatic heterocycles. The van der Waals surface area contributed by atoms with Gasteiger partial charge in [0.2, 0.25) is 11.8 Å². The maximum absolute atomic E-state index is 12.5. The smallest absolute Gasteiger partial charge is 0.341 e. The number of aryl methyl sites for hydroxylation is 2. The molecule has 1 aromatic carbocycles. The fourth-order valence-electron chi connectivity index (χ4n) is 3.39. The predicted molar refractivity (Wildman–Crippen MR) is 123 cm³/mol. The van der Waals surface area contributed by atoms with Crippen molar-refractivity contribution in [2.75, 3.05) is 28.7 Å². The molecule has 0 spiro atoms. The van der Waals surface area contributed by atoms with Gasteiger partial charge in [0.25, 0.3) is 0 Å². The Bertz CT molecular complexity index is 939. The van der Waals surface area contributed by atoms with Gasteiger partial charge in [0, 0.05) is 10.6 Å². The highest BCUT2D eigenvalue weighted by Gasteiger charge is 2.27. The number of anilines is 2. The summed E-state index contributed by atoms with van der Waals surface area (Å²) in [6.45, 7) is 4.03. The van der Waals surface area contributed by atoms with Gasteiger partial charge < -0.3 is 15.4 Å². The highest BCUT2D eigenvalue weighted by molar-refractivity contribution is 8.00. The van der Waals surface area contributed by atoms with Crippen molar-refractivity contribution in [1.82, 2.24) is 0 Å². The second-order valence-electron chi connectivity index (χ2n) is 7.09. The Hall–Kier alpha value is -2.32. The Balaban J connectivity index is 1.55. The molecule has 30 heavy (non-hydrogen) atoms. The first-order valence-electron chi connectivity index (χ1n) is 10.0. The van der Waals surface area contributed by atoms with Crippen molar-refractivity contribution < 1.29 is 19.1 Å². The fourth-order valence-corrected chi connectivity index (χ4v) is 5.30. The van der Waals surface area contributed by atoms with Crippen LogP contribution in [0.2, 0.25) is 0 Å². The van der Waals surface area contributed by atoms with E-state index in [4.69, 9.17) is 4.74 Å². The summed E-state index contributed by atoms with van der Waals surface area (Å²) in [6.07, 6.45) is 3.89. The first-order chi connectivity index (χ1) is 14.5. The van der Waals surface area contributed by atoms with Crippen LogP contribution >= 0.6 is 23.1 Å². The molecule has 1 aliphatic rings. The Labute approximate surface area is 184 Å². The van der Waals surface area contributed by atoms with Crippen molar-refractivity contribution in [2.24, 2.45) is 0 Å². The largest absolute Gasteiger partial charge is 0.462 e. The molecular weight excluding hydrogens is 420 g/mol. The molecule has 8 heteroatoms. The standard InChI is InChI=1S/C22H26N2O4S2/c1-3-28-22(27)20-16-9-4-5-10-17(16)30-21(20)24-19(26)13-29-12-18(25)23-15-8-6-7-14(2)11-15/h6-8,11H,3-5,9-10,12-13H2,1-2H3,(H,23,25)(H,24,26). The lowest BCUT2D eigenvalue weighted by molar-refractivity contribution is -0.114. The maximum Gasteiger partial charge on any atom is 0.341 e. The number of esters is 1. The van der Waals surface area contributed by atoms with E-state index in [0.29, 0.717) is 17.2 Å². The Kier molecular flexibility index (Phi) is 7.93. The van der Waals surface area contributed by atoms with Crippen LogP contribution in [-0.4, -0.2) is 35.9 Å². The first-order valence-corrected chi connectivity index (χ1v) is 12.0. The third kappa shape index (κ3) is 5.86. The number of hydrogen-bond acceptors (Lipinski definition) is 6. The molecular formula is C22H26N2O4S2. The van der Waals surface area contributed by atoms with Crippen LogP contribution in [-0.2, 0) is 27.2 Å². The number of hydrogen-bond donors (Lipinski definition) is 2. The molecule has 0 atom stereocenters. The normalized spacial score (nSPS) is 12.7. The number of amides is 2. The molecule has 3 rings (SSSR count). The van der Waals surface area contributed by atoms with Gasteiger partial charge in [0.1, 0.15) is 5.00 Å². The Morgan fingerprint density at radius 2 is 1.83 bits per heavy atom. The number of carbonyl (C=O) groups is 3. The molecule has 0 radical (unpaired) electrons. The molecule has 0 unspecified atom stereocenters. The van der Waals surface area contributed by atoms with Gasteiger partial charge >= 0.3 is 5.97 Å². The minimum absolute atomic E-state index is 0.131. The third-order valence-corrected chi connectivity index (χ3v) is 6.81. The van der Waals surface area contributed by atoms with Crippen LogP contribution in [0.15, 0.2) is 24.3 Å². The number of carbonyl (C=O) groups excluding carboxylic acids is 3. The van der Waals surface area contributed by atoms with Gasteiger partial charge in [0.15, 0.2) is 0 Å². The van der Waals surface area contributed by atoms with E-state index in [9.17, 15) is 14.4 Å². The fraction of sp³-hybridized carbons (Fsp3) is 0.409. The van der Waals surface area contributed by atoms with E-state index >= 15 is 0 Å². The molecule has 1 heterocycles. The summed E-state index contributed by atoms with van der Waals surface area (Å²) < 4.78 is 5.21. The van der Waals surface area contributed by atoms with E-state index in [2.05, 4.69) is 10.6 Å². The van der Waals surface area contributed by atoms with Gasteiger partial charge in [0.05, 0.1) is 23.7 Å². The van der Waals surface area contributed by atoms with Crippen LogP contribution in [0, 0.1) is 6.92 Å². The predicted octanol–water partition coefficient (Wildman–Crippen LogP) is 4.42.